The van der Waals surface area contributed by atoms with Crippen LogP contribution in [-0.2, 0) is 4.79 Å². The molecule has 90 valence electrons. The van der Waals surface area contributed by atoms with Gasteiger partial charge in [-0.15, -0.1) is 11.8 Å². The van der Waals surface area contributed by atoms with Crippen LogP contribution in [0.4, 0.5) is 8.78 Å². The summed E-state index contributed by atoms with van der Waals surface area (Å²) in [6.45, 7) is 0. The summed E-state index contributed by atoms with van der Waals surface area (Å²) in [6.07, 6.45) is -0.843. The van der Waals surface area contributed by atoms with Gasteiger partial charge < -0.3 is 5.11 Å². The molecule has 8 heteroatoms. The number of hydrogen-bond acceptors (Lipinski definition) is 4. The molecule has 0 radical (unpaired) electrons. The number of aliphatic carboxylic acids is 1. The van der Waals surface area contributed by atoms with E-state index in [4.69, 9.17) is 5.11 Å². The lowest BCUT2D eigenvalue weighted by atomic mass is 10.3. The summed E-state index contributed by atoms with van der Waals surface area (Å²) in [5, 5.41) is 9.10. The van der Waals surface area contributed by atoms with E-state index in [0.29, 0.717) is 0 Å². The van der Waals surface area contributed by atoms with Crippen molar-refractivity contribution in [1.82, 2.24) is 0 Å². The molecular weight excluding hydrogens is 324 g/mol. The number of allylic oxidation sites excluding steroid dienone is 1. The summed E-state index contributed by atoms with van der Waals surface area (Å²) in [6, 6.07) is 0. The first kappa shape index (κ1) is 14.0. The fourth-order valence-electron chi connectivity index (χ4n) is 1.01. The van der Waals surface area contributed by atoms with Crippen LogP contribution < -0.4 is 0 Å². The lowest BCUT2D eigenvalue weighted by Gasteiger charge is -2.23. The van der Waals surface area contributed by atoms with Crippen molar-refractivity contribution in [2.24, 2.45) is 4.99 Å². The highest BCUT2D eigenvalue weighted by Crippen LogP contribution is 2.44. The highest BCUT2D eigenvalue weighted by atomic mass is 79.9. The fourth-order valence-corrected chi connectivity index (χ4v) is 4.06. The molecule has 1 heterocycles. The summed E-state index contributed by atoms with van der Waals surface area (Å²) >= 11 is 5.52. The normalized spacial score (nSPS) is 28.1. The number of nitrogens with zero attached hydrogens (tertiary/aromatic N) is 1. The van der Waals surface area contributed by atoms with Crippen LogP contribution in [0.3, 0.4) is 0 Å². The van der Waals surface area contributed by atoms with Crippen LogP contribution in [0.15, 0.2) is 17.1 Å². The molecule has 0 bridgehead atoms. The molecule has 0 aromatic carbocycles. The second-order valence-electron chi connectivity index (χ2n) is 2.82. The number of thioether (sulfide) groups is 2. The molecule has 0 amide bonds. The lowest BCUT2D eigenvalue weighted by molar-refractivity contribution is -0.139. The van der Waals surface area contributed by atoms with Gasteiger partial charge in [-0.25, -0.2) is 4.79 Å². The molecule has 0 aromatic heterocycles. The van der Waals surface area contributed by atoms with Gasteiger partial charge in [-0.1, -0.05) is 27.7 Å². The van der Waals surface area contributed by atoms with Crippen LogP contribution in [0.25, 0.3) is 0 Å². The topological polar surface area (TPSA) is 49.7 Å². The molecule has 1 aliphatic rings. The largest absolute Gasteiger partial charge is 0.479 e. The van der Waals surface area contributed by atoms with E-state index in [2.05, 4.69) is 20.9 Å². The summed E-state index contributed by atoms with van der Waals surface area (Å²) in [5.74, 6) is -0.783. The molecule has 0 aliphatic carbocycles. The number of carboxylic acids is 1. The fraction of sp³-hybridized carbons (Fsp3) is 0.500. The van der Waals surface area contributed by atoms with Gasteiger partial charge >= 0.3 is 5.97 Å². The lowest BCUT2D eigenvalue weighted by Crippen LogP contribution is -2.38. The Morgan fingerprint density at radius 3 is 2.88 bits per heavy atom. The van der Waals surface area contributed by atoms with Gasteiger partial charge in [0.25, 0.3) is 6.08 Å². The van der Waals surface area contributed by atoms with Crippen LogP contribution in [0, 0.1) is 0 Å². The third-order valence-electron chi connectivity index (χ3n) is 1.78. The van der Waals surface area contributed by atoms with Gasteiger partial charge in [0.15, 0.2) is 0 Å². The van der Waals surface area contributed by atoms with Crippen molar-refractivity contribution in [3.63, 3.8) is 0 Å². The number of alkyl halides is 1. The molecule has 2 unspecified atom stereocenters. The third kappa shape index (κ3) is 3.21. The molecule has 0 spiro atoms. The van der Waals surface area contributed by atoms with Gasteiger partial charge in [0.05, 0.1) is 5.55 Å². The van der Waals surface area contributed by atoms with Crippen molar-refractivity contribution in [2.45, 2.75) is 15.5 Å². The summed E-state index contributed by atoms with van der Waals surface area (Å²) in [4.78, 5) is 13.7. The molecule has 0 saturated heterocycles. The minimum Gasteiger partial charge on any atom is -0.479 e. The van der Waals surface area contributed by atoms with E-state index in [1.54, 1.807) is 0 Å². The highest BCUT2D eigenvalue weighted by molar-refractivity contribution is 9.11. The Balaban J connectivity index is 2.57. The second kappa shape index (κ2) is 6.02. The molecule has 16 heavy (non-hydrogen) atoms. The van der Waals surface area contributed by atoms with Crippen LogP contribution in [0.5, 0.6) is 0 Å². The third-order valence-corrected chi connectivity index (χ3v) is 5.74. The van der Waals surface area contributed by atoms with Gasteiger partial charge in [0.2, 0.25) is 4.87 Å². The number of halogens is 3. The SMILES string of the molecule is O=C(O)C1(SCCC=C(F)F)N=CSC1Br. The minimum absolute atomic E-state index is 0.127. The Kier molecular flexibility index (Phi) is 5.26. The maximum absolute atomic E-state index is 11.8. The number of hydrogen-bond donors (Lipinski definition) is 1. The quantitative estimate of drug-likeness (QED) is 0.621. The molecule has 1 rings (SSSR count). The van der Waals surface area contributed by atoms with Crippen molar-refractivity contribution >= 4 is 51.0 Å². The number of aliphatic imine (C=N–C) groups is 1. The van der Waals surface area contributed by atoms with Gasteiger partial charge in [-0.05, 0) is 18.2 Å². The Labute approximate surface area is 108 Å². The van der Waals surface area contributed by atoms with Crippen LogP contribution in [0.2, 0.25) is 0 Å². The summed E-state index contributed by atoms with van der Waals surface area (Å²) in [7, 11) is 0. The first-order chi connectivity index (χ1) is 7.49. The van der Waals surface area contributed by atoms with E-state index in [1.165, 1.54) is 17.3 Å². The van der Waals surface area contributed by atoms with Crippen molar-refractivity contribution in [3.8, 4) is 0 Å². The first-order valence-electron chi connectivity index (χ1n) is 4.21. The molecule has 3 nitrogen and oxygen atoms in total. The monoisotopic (exact) mass is 331 g/mol. The Morgan fingerprint density at radius 1 is 1.75 bits per heavy atom. The number of carbonyl (C=O) groups is 1. The van der Waals surface area contributed by atoms with E-state index in [0.717, 1.165) is 17.8 Å². The van der Waals surface area contributed by atoms with Crippen molar-refractivity contribution in [2.75, 3.05) is 5.75 Å². The zero-order valence-electron chi connectivity index (χ0n) is 7.90. The molecule has 1 N–H and O–H groups in total. The molecule has 1 aliphatic heterocycles. The van der Waals surface area contributed by atoms with E-state index >= 15 is 0 Å². The molecule has 0 aromatic rings. The highest BCUT2D eigenvalue weighted by Gasteiger charge is 2.48. The van der Waals surface area contributed by atoms with Crippen molar-refractivity contribution in [1.29, 1.82) is 0 Å². The molecular formula is C8H8BrF2NO2S2. The zero-order chi connectivity index (χ0) is 12.2. The van der Waals surface area contributed by atoms with Crippen LogP contribution in [0.1, 0.15) is 6.42 Å². The Hall–Kier alpha value is -0.0800. The number of rotatable bonds is 5. The average Bonchev–Trinajstić information content (AvgIpc) is 2.56. The Morgan fingerprint density at radius 2 is 2.44 bits per heavy atom. The predicted molar refractivity (Wildman–Crippen MR) is 66.5 cm³/mol. The van der Waals surface area contributed by atoms with E-state index in [1.807, 2.05) is 0 Å². The van der Waals surface area contributed by atoms with Gasteiger partial charge in [0, 0.05) is 0 Å². The zero-order valence-corrected chi connectivity index (χ0v) is 11.1. The van der Waals surface area contributed by atoms with Gasteiger partial charge in [-0.3, -0.25) is 4.99 Å². The first-order valence-corrected chi connectivity index (χ1v) is 7.05. The van der Waals surface area contributed by atoms with Gasteiger partial charge in [-0.2, -0.15) is 8.78 Å². The average molecular weight is 332 g/mol. The Bertz CT molecular complexity index is 336. The molecule has 0 saturated carbocycles. The minimum atomic E-state index is -1.75. The second-order valence-corrected chi connectivity index (χ2v) is 6.61. The molecule has 0 fully saturated rings. The van der Waals surface area contributed by atoms with E-state index in [9.17, 15) is 13.6 Å². The molecule has 2 atom stereocenters. The standard InChI is InChI=1S/C8H8BrF2NO2S2/c9-6-8(7(13)14,12-4-15-6)16-3-1-2-5(10)11/h2,4,6H,1,3H2,(H,13,14). The van der Waals surface area contributed by atoms with Crippen LogP contribution >= 0.6 is 39.5 Å². The predicted octanol–water partition coefficient (Wildman–Crippen LogP) is 3.17. The summed E-state index contributed by atoms with van der Waals surface area (Å²) < 4.78 is 23.1. The van der Waals surface area contributed by atoms with Crippen LogP contribution in [-0.4, -0.2) is 31.4 Å². The van der Waals surface area contributed by atoms with E-state index < -0.39 is 16.9 Å². The van der Waals surface area contributed by atoms with Crippen molar-refractivity contribution in [3.05, 3.63) is 12.2 Å². The van der Waals surface area contributed by atoms with E-state index in [-0.39, 0.29) is 16.3 Å². The van der Waals surface area contributed by atoms with Gasteiger partial charge in [0.1, 0.15) is 4.16 Å². The number of carboxylic acid groups (broad SMARTS) is 1. The maximum atomic E-state index is 11.8. The smallest absolute Gasteiger partial charge is 0.344 e. The summed E-state index contributed by atoms with van der Waals surface area (Å²) in [5.41, 5.74) is 1.46. The van der Waals surface area contributed by atoms with Crippen molar-refractivity contribution < 1.29 is 18.7 Å². The maximum Gasteiger partial charge on any atom is 0.344 e.